The molecule has 6 nitrogen and oxygen atoms in total. The molecule has 0 saturated carbocycles. The summed E-state index contributed by atoms with van der Waals surface area (Å²) in [6, 6.07) is 7.44. The van der Waals surface area contributed by atoms with Crippen LogP contribution in [0.1, 0.15) is 23.7 Å². The summed E-state index contributed by atoms with van der Waals surface area (Å²) >= 11 is 1.59. The number of Topliss-reactive ketones (excluding diaryl/α,β-unsaturated/α-hetero) is 1. The van der Waals surface area contributed by atoms with E-state index in [2.05, 4.69) is 10.1 Å². The molecule has 1 saturated heterocycles. The molecule has 0 aliphatic carbocycles. The van der Waals surface area contributed by atoms with Crippen LogP contribution in [-0.2, 0) is 4.79 Å². The van der Waals surface area contributed by atoms with Crippen molar-refractivity contribution in [3.05, 3.63) is 36.0 Å². The van der Waals surface area contributed by atoms with Gasteiger partial charge in [-0.15, -0.1) is 0 Å². The van der Waals surface area contributed by atoms with Gasteiger partial charge in [-0.3, -0.25) is 4.79 Å². The summed E-state index contributed by atoms with van der Waals surface area (Å²) in [5, 5.41) is 3.94. The molecule has 1 aromatic heterocycles. The van der Waals surface area contributed by atoms with Crippen molar-refractivity contribution in [2.24, 2.45) is 0 Å². The number of hydrogen-bond donors (Lipinski definition) is 0. The van der Waals surface area contributed by atoms with Crippen LogP contribution in [0.5, 0.6) is 11.5 Å². The van der Waals surface area contributed by atoms with Gasteiger partial charge in [-0.05, 0) is 12.1 Å². The third-order valence-corrected chi connectivity index (χ3v) is 4.53. The van der Waals surface area contributed by atoms with E-state index in [1.165, 1.54) is 0 Å². The first-order valence-electron chi connectivity index (χ1n) is 6.64. The first kappa shape index (κ1) is 12.7. The van der Waals surface area contributed by atoms with Crippen molar-refractivity contribution in [1.82, 2.24) is 10.1 Å². The Hall–Kier alpha value is -2.02. The smallest absolute Gasteiger partial charge is 0.238 e. The van der Waals surface area contributed by atoms with Gasteiger partial charge in [0.2, 0.25) is 11.7 Å². The molecular weight excluding hydrogens is 292 g/mol. The van der Waals surface area contributed by atoms with E-state index >= 15 is 0 Å². The number of nitrogens with zero attached hydrogens (tertiary/aromatic N) is 2. The molecule has 1 fully saturated rings. The number of carbonyl (C=O) groups is 1. The number of aromatic nitrogens is 2. The maximum Gasteiger partial charge on any atom is 0.238 e. The minimum Gasteiger partial charge on any atom is -0.485 e. The van der Waals surface area contributed by atoms with E-state index in [1.807, 2.05) is 24.3 Å². The van der Waals surface area contributed by atoms with Crippen LogP contribution in [0.4, 0.5) is 0 Å². The average Bonchev–Trinajstić information content (AvgIpc) is 3.15. The number of ether oxygens (including phenoxy) is 2. The Morgan fingerprint density at radius 3 is 2.90 bits per heavy atom. The zero-order chi connectivity index (χ0) is 14.2. The molecule has 21 heavy (non-hydrogen) atoms. The van der Waals surface area contributed by atoms with E-state index < -0.39 is 6.10 Å². The van der Waals surface area contributed by atoms with Gasteiger partial charge in [0.25, 0.3) is 0 Å². The Kier molecular flexibility index (Phi) is 3.07. The largest absolute Gasteiger partial charge is 0.485 e. The van der Waals surface area contributed by atoms with E-state index in [9.17, 15) is 4.79 Å². The van der Waals surface area contributed by atoms with Gasteiger partial charge in [0.1, 0.15) is 12.5 Å². The van der Waals surface area contributed by atoms with Crippen molar-refractivity contribution in [3.63, 3.8) is 0 Å². The molecule has 3 heterocycles. The minimum absolute atomic E-state index is 0.140. The Bertz CT molecular complexity index is 687. The van der Waals surface area contributed by atoms with E-state index in [1.54, 1.807) is 11.8 Å². The van der Waals surface area contributed by atoms with Gasteiger partial charge in [-0.2, -0.15) is 16.7 Å². The van der Waals surface area contributed by atoms with Gasteiger partial charge in [0.05, 0.1) is 5.75 Å². The fourth-order valence-electron chi connectivity index (χ4n) is 2.35. The Labute approximate surface area is 124 Å². The second kappa shape index (κ2) is 5.07. The highest BCUT2D eigenvalue weighted by Crippen LogP contribution is 2.36. The predicted molar refractivity (Wildman–Crippen MR) is 74.7 cm³/mol. The van der Waals surface area contributed by atoms with Gasteiger partial charge >= 0.3 is 0 Å². The Morgan fingerprint density at radius 1 is 1.24 bits per heavy atom. The lowest BCUT2D eigenvalue weighted by Crippen LogP contribution is -2.22. The third-order valence-electron chi connectivity index (χ3n) is 3.47. The van der Waals surface area contributed by atoms with E-state index in [0.29, 0.717) is 41.3 Å². The van der Waals surface area contributed by atoms with Crippen LogP contribution in [-0.4, -0.2) is 34.0 Å². The van der Waals surface area contributed by atoms with Crippen molar-refractivity contribution < 1.29 is 18.8 Å². The van der Waals surface area contributed by atoms with E-state index in [4.69, 9.17) is 14.0 Å². The second-order valence-electron chi connectivity index (χ2n) is 4.89. The van der Waals surface area contributed by atoms with Crippen LogP contribution in [0.2, 0.25) is 0 Å². The fraction of sp³-hybridized carbons (Fsp3) is 0.357. The monoisotopic (exact) mass is 304 g/mol. The molecular formula is C14H12N2O4S. The van der Waals surface area contributed by atoms with E-state index in [0.717, 1.165) is 0 Å². The van der Waals surface area contributed by atoms with Gasteiger partial charge < -0.3 is 14.0 Å². The highest BCUT2D eigenvalue weighted by Gasteiger charge is 2.34. The summed E-state index contributed by atoms with van der Waals surface area (Å²) in [5.41, 5.74) is 0. The Morgan fingerprint density at radius 2 is 2.10 bits per heavy atom. The van der Waals surface area contributed by atoms with Crippen molar-refractivity contribution in [2.45, 2.75) is 12.0 Å². The summed E-state index contributed by atoms with van der Waals surface area (Å²) in [4.78, 5) is 16.0. The topological polar surface area (TPSA) is 74.5 Å². The molecule has 2 aliphatic heterocycles. The predicted octanol–water partition coefficient (Wildman–Crippen LogP) is 1.98. The lowest BCUT2D eigenvalue weighted by Gasteiger charge is -2.24. The second-order valence-corrected chi connectivity index (χ2v) is 5.92. The van der Waals surface area contributed by atoms with Crippen LogP contribution in [0.25, 0.3) is 0 Å². The van der Waals surface area contributed by atoms with Gasteiger partial charge in [-0.1, -0.05) is 17.3 Å². The lowest BCUT2D eigenvalue weighted by atomic mass is 10.1. The molecule has 0 amide bonds. The zero-order valence-corrected chi connectivity index (χ0v) is 11.8. The number of fused-ring (bicyclic) bond motifs is 1. The molecule has 1 aromatic carbocycles. The maximum absolute atomic E-state index is 11.7. The third kappa shape index (κ3) is 2.27. The zero-order valence-electron chi connectivity index (χ0n) is 11.0. The summed E-state index contributed by atoms with van der Waals surface area (Å²) in [7, 11) is 0. The maximum atomic E-state index is 11.7. The van der Waals surface area contributed by atoms with E-state index in [-0.39, 0.29) is 11.7 Å². The van der Waals surface area contributed by atoms with Crippen molar-refractivity contribution >= 4 is 17.5 Å². The summed E-state index contributed by atoms with van der Waals surface area (Å²) < 4.78 is 16.7. The SMILES string of the molecule is O=C1CSCC1c1nc(C2COc3ccccc3O2)no1. The van der Waals surface area contributed by atoms with Gasteiger partial charge in [0.15, 0.2) is 23.4 Å². The molecule has 0 bridgehead atoms. The fourth-order valence-corrected chi connectivity index (χ4v) is 3.43. The summed E-state index contributed by atoms with van der Waals surface area (Å²) in [6.45, 7) is 0.323. The van der Waals surface area contributed by atoms with Crippen molar-refractivity contribution in [2.75, 3.05) is 18.1 Å². The van der Waals surface area contributed by atoms with Crippen LogP contribution in [0.3, 0.4) is 0 Å². The van der Waals surface area contributed by atoms with Crippen molar-refractivity contribution in [1.29, 1.82) is 0 Å². The molecule has 2 aliphatic rings. The molecule has 4 rings (SSSR count). The number of ketones is 1. The number of hydrogen-bond acceptors (Lipinski definition) is 7. The highest BCUT2D eigenvalue weighted by molar-refractivity contribution is 8.00. The van der Waals surface area contributed by atoms with Crippen LogP contribution >= 0.6 is 11.8 Å². The molecule has 2 atom stereocenters. The molecule has 2 unspecified atom stereocenters. The molecule has 0 N–H and O–H groups in total. The number of thioether (sulfide) groups is 1. The Balaban J connectivity index is 1.55. The standard InChI is InChI=1S/C14H12N2O4S/c17-9-7-21-6-8(9)14-15-13(16-20-14)12-5-18-10-3-1-2-4-11(10)19-12/h1-4,8,12H,5-7H2. The number of rotatable bonds is 2. The van der Waals surface area contributed by atoms with Gasteiger partial charge in [0, 0.05) is 5.75 Å². The first-order valence-corrected chi connectivity index (χ1v) is 7.79. The minimum atomic E-state index is -0.415. The first-order chi connectivity index (χ1) is 10.3. The van der Waals surface area contributed by atoms with Crippen LogP contribution in [0.15, 0.2) is 28.8 Å². The summed E-state index contributed by atoms with van der Waals surface area (Å²) in [6.07, 6.45) is -0.415. The molecule has 0 spiro atoms. The molecule has 2 aromatic rings. The highest BCUT2D eigenvalue weighted by atomic mass is 32.2. The summed E-state index contributed by atoms with van der Waals surface area (Å²) in [5.74, 6) is 3.23. The lowest BCUT2D eigenvalue weighted by molar-refractivity contribution is -0.117. The quantitative estimate of drug-likeness (QED) is 0.839. The van der Waals surface area contributed by atoms with Gasteiger partial charge in [-0.25, -0.2) is 0 Å². The molecule has 7 heteroatoms. The number of para-hydroxylation sites is 2. The van der Waals surface area contributed by atoms with Crippen LogP contribution < -0.4 is 9.47 Å². The molecule has 108 valence electrons. The number of benzene rings is 1. The average molecular weight is 304 g/mol. The molecule has 0 radical (unpaired) electrons. The normalized spacial score (nSPS) is 24.3. The van der Waals surface area contributed by atoms with Crippen molar-refractivity contribution in [3.8, 4) is 11.5 Å². The van der Waals surface area contributed by atoms with Crippen LogP contribution in [0, 0.1) is 0 Å². The number of carbonyl (C=O) groups excluding carboxylic acids is 1.